The van der Waals surface area contributed by atoms with Gasteiger partial charge in [0, 0.05) is 11.4 Å². The van der Waals surface area contributed by atoms with E-state index in [0.29, 0.717) is 18.8 Å². The molecule has 0 amide bonds. The highest BCUT2D eigenvalue weighted by atomic mass is 32.2. The van der Waals surface area contributed by atoms with Gasteiger partial charge in [-0.15, -0.1) is 11.8 Å². The lowest BCUT2D eigenvalue weighted by Crippen LogP contribution is -2.04. The summed E-state index contributed by atoms with van der Waals surface area (Å²) < 4.78 is 4.85. The molecule has 0 saturated heterocycles. The molecule has 0 N–H and O–H groups in total. The Balaban J connectivity index is 2.40. The fourth-order valence-corrected chi connectivity index (χ4v) is 2.31. The Bertz CT molecular complexity index is 346. The summed E-state index contributed by atoms with van der Waals surface area (Å²) in [4.78, 5) is 15.5. The standard InChI is InChI=1S/C12H17NO2S/c1-4-15-12(14)5-6-16-11-8-9(2)7-10(3)13-11/h7-8H,4-6H2,1-3H3. The Morgan fingerprint density at radius 2 is 2.19 bits per heavy atom. The minimum absolute atomic E-state index is 0.139. The average Bonchev–Trinajstić information content (AvgIpc) is 2.16. The summed E-state index contributed by atoms with van der Waals surface area (Å²) in [5.41, 5.74) is 2.21. The van der Waals surface area contributed by atoms with Crippen LogP contribution in [-0.4, -0.2) is 23.3 Å². The van der Waals surface area contributed by atoms with Crippen LogP contribution in [-0.2, 0) is 9.53 Å². The van der Waals surface area contributed by atoms with Gasteiger partial charge >= 0.3 is 5.97 Å². The number of hydrogen-bond acceptors (Lipinski definition) is 4. The lowest BCUT2D eigenvalue weighted by molar-refractivity contribution is -0.142. The molecule has 1 rings (SSSR count). The fourth-order valence-electron chi connectivity index (χ4n) is 1.35. The molecule has 4 heteroatoms. The van der Waals surface area contributed by atoms with Gasteiger partial charge in [0.25, 0.3) is 0 Å². The highest BCUT2D eigenvalue weighted by Gasteiger charge is 2.03. The molecule has 0 radical (unpaired) electrons. The number of pyridine rings is 1. The van der Waals surface area contributed by atoms with Crippen molar-refractivity contribution >= 4 is 17.7 Å². The molecule has 0 bridgehead atoms. The number of carbonyl (C=O) groups is 1. The van der Waals surface area contributed by atoms with E-state index < -0.39 is 0 Å². The predicted molar refractivity (Wildman–Crippen MR) is 65.7 cm³/mol. The van der Waals surface area contributed by atoms with Crippen molar-refractivity contribution in [1.82, 2.24) is 4.98 Å². The Kier molecular flexibility index (Phi) is 5.32. The van der Waals surface area contributed by atoms with Crippen LogP contribution < -0.4 is 0 Å². The van der Waals surface area contributed by atoms with Gasteiger partial charge in [-0.2, -0.15) is 0 Å². The lowest BCUT2D eigenvalue weighted by atomic mass is 10.3. The minimum atomic E-state index is -0.139. The first kappa shape index (κ1) is 13.0. The lowest BCUT2D eigenvalue weighted by Gasteiger charge is -2.04. The number of thioether (sulfide) groups is 1. The van der Waals surface area contributed by atoms with Crippen LogP contribution >= 0.6 is 11.8 Å². The molecule has 1 heterocycles. The van der Waals surface area contributed by atoms with Crippen molar-refractivity contribution in [2.45, 2.75) is 32.2 Å². The molecule has 0 saturated carbocycles. The molecule has 0 aliphatic heterocycles. The van der Waals surface area contributed by atoms with Crippen LogP contribution in [0, 0.1) is 13.8 Å². The number of aryl methyl sites for hydroxylation is 2. The normalized spacial score (nSPS) is 10.2. The highest BCUT2D eigenvalue weighted by Crippen LogP contribution is 2.18. The number of rotatable bonds is 5. The monoisotopic (exact) mass is 239 g/mol. The predicted octanol–water partition coefficient (Wildman–Crippen LogP) is 2.74. The van der Waals surface area contributed by atoms with E-state index in [0.717, 1.165) is 10.7 Å². The summed E-state index contributed by atoms with van der Waals surface area (Å²) in [5.74, 6) is 0.578. The highest BCUT2D eigenvalue weighted by molar-refractivity contribution is 7.99. The third kappa shape index (κ3) is 4.66. The largest absolute Gasteiger partial charge is 0.466 e. The van der Waals surface area contributed by atoms with Gasteiger partial charge in [0.2, 0.25) is 0 Å². The Morgan fingerprint density at radius 3 is 2.81 bits per heavy atom. The van der Waals surface area contributed by atoms with Gasteiger partial charge in [0.1, 0.15) is 0 Å². The van der Waals surface area contributed by atoms with Crippen molar-refractivity contribution in [1.29, 1.82) is 0 Å². The summed E-state index contributed by atoms with van der Waals surface area (Å²) in [6, 6.07) is 4.07. The molecular formula is C12H17NO2S. The van der Waals surface area contributed by atoms with Crippen LogP contribution in [0.4, 0.5) is 0 Å². The zero-order valence-corrected chi connectivity index (χ0v) is 10.8. The van der Waals surface area contributed by atoms with E-state index in [4.69, 9.17) is 4.74 Å². The molecule has 0 aromatic carbocycles. The van der Waals surface area contributed by atoms with Gasteiger partial charge in [0.15, 0.2) is 0 Å². The first-order chi connectivity index (χ1) is 7.61. The second kappa shape index (κ2) is 6.53. The molecule has 0 fully saturated rings. The quantitative estimate of drug-likeness (QED) is 0.585. The van der Waals surface area contributed by atoms with Crippen LogP contribution in [0.25, 0.3) is 0 Å². The number of esters is 1. The van der Waals surface area contributed by atoms with Crippen molar-refractivity contribution < 1.29 is 9.53 Å². The first-order valence-corrected chi connectivity index (χ1v) is 6.34. The molecule has 0 aliphatic carbocycles. The van der Waals surface area contributed by atoms with E-state index in [1.54, 1.807) is 11.8 Å². The van der Waals surface area contributed by atoms with Crippen LogP contribution in [0.3, 0.4) is 0 Å². The Hall–Kier alpha value is -1.03. The fraction of sp³-hybridized carbons (Fsp3) is 0.500. The third-order valence-electron chi connectivity index (χ3n) is 1.94. The van der Waals surface area contributed by atoms with Gasteiger partial charge in [0.05, 0.1) is 18.1 Å². The number of carbonyl (C=O) groups excluding carboxylic acids is 1. The van der Waals surface area contributed by atoms with Crippen LogP contribution in [0.2, 0.25) is 0 Å². The van der Waals surface area contributed by atoms with Gasteiger partial charge in [-0.1, -0.05) is 0 Å². The molecule has 88 valence electrons. The van der Waals surface area contributed by atoms with Gasteiger partial charge in [-0.25, -0.2) is 4.98 Å². The van der Waals surface area contributed by atoms with Crippen LogP contribution in [0.5, 0.6) is 0 Å². The SMILES string of the molecule is CCOC(=O)CCSc1cc(C)cc(C)n1. The minimum Gasteiger partial charge on any atom is -0.466 e. The zero-order chi connectivity index (χ0) is 12.0. The second-order valence-electron chi connectivity index (χ2n) is 3.53. The summed E-state index contributed by atoms with van der Waals surface area (Å²) in [5, 5.41) is 0.974. The molecule has 3 nitrogen and oxygen atoms in total. The maximum absolute atomic E-state index is 11.1. The van der Waals surface area contributed by atoms with Crippen LogP contribution in [0.1, 0.15) is 24.6 Å². The maximum Gasteiger partial charge on any atom is 0.306 e. The Morgan fingerprint density at radius 1 is 1.44 bits per heavy atom. The van der Waals surface area contributed by atoms with Crippen molar-refractivity contribution in [3.8, 4) is 0 Å². The number of aromatic nitrogens is 1. The average molecular weight is 239 g/mol. The van der Waals surface area contributed by atoms with Gasteiger partial charge in [-0.05, 0) is 38.5 Å². The van der Waals surface area contributed by atoms with Crippen LogP contribution in [0.15, 0.2) is 17.2 Å². The van der Waals surface area contributed by atoms with Crippen molar-refractivity contribution in [3.05, 3.63) is 23.4 Å². The van der Waals surface area contributed by atoms with E-state index >= 15 is 0 Å². The second-order valence-corrected chi connectivity index (χ2v) is 4.64. The number of nitrogens with zero attached hydrogens (tertiary/aromatic N) is 1. The van der Waals surface area contributed by atoms with E-state index in [1.807, 2.05) is 32.9 Å². The van der Waals surface area contributed by atoms with E-state index in [-0.39, 0.29) is 5.97 Å². The summed E-state index contributed by atoms with van der Waals surface area (Å²) in [6.07, 6.45) is 0.438. The van der Waals surface area contributed by atoms with Crippen molar-refractivity contribution in [3.63, 3.8) is 0 Å². The van der Waals surface area contributed by atoms with Gasteiger partial charge in [-0.3, -0.25) is 4.79 Å². The molecule has 0 aliphatic rings. The van der Waals surface area contributed by atoms with E-state index in [1.165, 1.54) is 5.56 Å². The molecule has 1 aromatic heterocycles. The van der Waals surface area contributed by atoms with Crippen molar-refractivity contribution in [2.75, 3.05) is 12.4 Å². The third-order valence-corrected chi connectivity index (χ3v) is 2.85. The zero-order valence-electron chi connectivity index (χ0n) is 9.95. The first-order valence-electron chi connectivity index (χ1n) is 5.35. The van der Waals surface area contributed by atoms with Crippen molar-refractivity contribution in [2.24, 2.45) is 0 Å². The topological polar surface area (TPSA) is 39.2 Å². The molecule has 1 aromatic rings. The summed E-state index contributed by atoms with van der Waals surface area (Å²) in [6.45, 7) is 6.29. The molecule has 0 atom stereocenters. The smallest absolute Gasteiger partial charge is 0.306 e. The number of ether oxygens (including phenoxy) is 1. The molecular weight excluding hydrogens is 222 g/mol. The van der Waals surface area contributed by atoms with E-state index in [9.17, 15) is 4.79 Å². The maximum atomic E-state index is 11.1. The molecule has 0 spiro atoms. The molecule has 16 heavy (non-hydrogen) atoms. The number of hydrogen-bond donors (Lipinski definition) is 0. The summed E-state index contributed by atoms with van der Waals surface area (Å²) in [7, 11) is 0. The van der Waals surface area contributed by atoms with Gasteiger partial charge < -0.3 is 4.74 Å². The Labute approximate surface area is 101 Å². The molecule has 0 unspecified atom stereocenters. The summed E-state index contributed by atoms with van der Waals surface area (Å²) >= 11 is 1.59. The van der Waals surface area contributed by atoms with E-state index in [2.05, 4.69) is 4.98 Å².